The molecule has 2 aromatic rings. The molecular weight excluding hydrogens is 318 g/mol. The van der Waals surface area contributed by atoms with Gasteiger partial charge in [-0.25, -0.2) is 0 Å². The Balaban J connectivity index is 2.21. The first-order chi connectivity index (χ1) is 11.4. The van der Waals surface area contributed by atoms with E-state index in [1.165, 1.54) is 18.3 Å². The van der Waals surface area contributed by atoms with E-state index in [1.807, 2.05) is 0 Å². The standard InChI is InChI=1S/C17H18F2N2O3/c1-4-23-16-9-12(6-8-15(16)24-17(18)19)5-7-14(22)13-10-20-21(3)11(13)2/h5-10,17H,4H2,1-3H3. The fourth-order valence-electron chi connectivity index (χ4n) is 2.09. The minimum atomic E-state index is -2.93. The minimum absolute atomic E-state index is 0.0431. The number of nitrogens with zero attached hydrogens (tertiary/aromatic N) is 2. The van der Waals surface area contributed by atoms with Crippen LogP contribution < -0.4 is 9.47 Å². The summed E-state index contributed by atoms with van der Waals surface area (Å²) in [5.41, 5.74) is 1.91. The number of benzene rings is 1. The Bertz CT molecular complexity index is 754. The highest BCUT2D eigenvalue weighted by molar-refractivity contribution is 6.07. The smallest absolute Gasteiger partial charge is 0.387 e. The molecule has 128 valence electrons. The fraction of sp³-hybridized carbons (Fsp3) is 0.294. The molecule has 0 fully saturated rings. The average Bonchev–Trinajstić information content (AvgIpc) is 2.87. The van der Waals surface area contributed by atoms with Gasteiger partial charge in [-0.05, 0) is 37.6 Å². The molecule has 7 heteroatoms. The number of ether oxygens (including phenoxy) is 2. The number of hydrogen-bond acceptors (Lipinski definition) is 4. The van der Waals surface area contributed by atoms with Crippen molar-refractivity contribution in [2.75, 3.05) is 6.61 Å². The molecular formula is C17H18F2N2O3. The largest absolute Gasteiger partial charge is 0.490 e. The lowest BCUT2D eigenvalue weighted by Gasteiger charge is -2.11. The summed E-state index contributed by atoms with van der Waals surface area (Å²) in [5.74, 6) is -0.0325. The molecule has 0 spiro atoms. The Morgan fingerprint density at radius 2 is 2.12 bits per heavy atom. The molecule has 0 saturated carbocycles. The Morgan fingerprint density at radius 1 is 1.38 bits per heavy atom. The van der Waals surface area contributed by atoms with Gasteiger partial charge in [-0.15, -0.1) is 0 Å². The summed E-state index contributed by atoms with van der Waals surface area (Å²) < 4.78 is 36.1. The van der Waals surface area contributed by atoms with Crippen molar-refractivity contribution in [3.63, 3.8) is 0 Å². The van der Waals surface area contributed by atoms with Crippen LogP contribution in [-0.2, 0) is 7.05 Å². The summed E-state index contributed by atoms with van der Waals surface area (Å²) in [5, 5.41) is 4.02. The first-order valence-electron chi connectivity index (χ1n) is 7.35. The van der Waals surface area contributed by atoms with E-state index in [4.69, 9.17) is 4.74 Å². The third kappa shape index (κ3) is 4.18. The summed E-state index contributed by atoms with van der Waals surface area (Å²) in [6.07, 6.45) is 4.50. The average molecular weight is 336 g/mol. The van der Waals surface area contributed by atoms with E-state index in [1.54, 1.807) is 43.8 Å². The molecule has 1 aromatic heterocycles. The van der Waals surface area contributed by atoms with Crippen molar-refractivity contribution in [2.45, 2.75) is 20.5 Å². The van der Waals surface area contributed by atoms with Crippen LogP contribution in [0.3, 0.4) is 0 Å². The van der Waals surface area contributed by atoms with Crippen molar-refractivity contribution in [2.24, 2.45) is 7.05 Å². The van der Waals surface area contributed by atoms with Gasteiger partial charge in [-0.1, -0.05) is 12.1 Å². The molecule has 0 amide bonds. The number of ketones is 1. The van der Waals surface area contributed by atoms with Gasteiger partial charge in [0.05, 0.1) is 18.4 Å². The predicted molar refractivity (Wildman–Crippen MR) is 85.6 cm³/mol. The second kappa shape index (κ2) is 7.72. The van der Waals surface area contributed by atoms with Crippen molar-refractivity contribution < 1.29 is 23.0 Å². The van der Waals surface area contributed by atoms with E-state index >= 15 is 0 Å². The zero-order chi connectivity index (χ0) is 17.7. The van der Waals surface area contributed by atoms with Crippen LogP contribution in [-0.4, -0.2) is 28.8 Å². The van der Waals surface area contributed by atoms with E-state index in [0.717, 1.165) is 5.69 Å². The topological polar surface area (TPSA) is 53.3 Å². The number of aromatic nitrogens is 2. The van der Waals surface area contributed by atoms with E-state index in [0.29, 0.717) is 17.7 Å². The van der Waals surface area contributed by atoms with Gasteiger partial charge in [0.2, 0.25) is 0 Å². The molecule has 0 aliphatic rings. The van der Waals surface area contributed by atoms with Crippen LogP contribution in [0.25, 0.3) is 6.08 Å². The van der Waals surface area contributed by atoms with Gasteiger partial charge in [0.25, 0.3) is 0 Å². The summed E-state index contributed by atoms with van der Waals surface area (Å²) in [6, 6.07) is 4.50. The first-order valence-corrected chi connectivity index (χ1v) is 7.35. The van der Waals surface area contributed by atoms with Gasteiger partial charge in [0, 0.05) is 12.7 Å². The van der Waals surface area contributed by atoms with E-state index in [2.05, 4.69) is 9.84 Å². The minimum Gasteiger partial charge on any atom is -0.490 e. The van der Waals surface area contributed by atoms with Crippen LogP contribution in [0.5, 0.6) is 11.5 Å². The number of allylic oxidation sites excluding steroid dienone is 1. The van der Waals surface area contributed by atoms with Crippen molar-refractivity contribution in [3.05, 3.63) is 47.3 Å². The van der Waals surface area contributed by atoms with Gasteiger partial charge >= 0.3 is 6.61 Å². The lowest BCUT2D eigenvalue weighted by atomic mass is 10.1. The monoisotopic (exact) mass is 336 g/mol. The molecule has 0 saturated heterocycles. The molecule has 2 rings (SSSR count). The quantitative estimate of drug-likeness (QED) is 0.572. The van der Waals surface area contributed by atoms with E-state index in [-0.39, 0.29) is 17.3 Å². The Hall–Kier alpha value is -2.70. The lowest BCUT2D eigenvalue weighted by Crippen LogP contribution is -2.04. The molecule has 0 unspecified atom stereocenters. The molecule has 0 aliphatic heterocycles. The van der Waals surface area contributed by atoms with E-state index in [9.17, 15) is 13.6 Å². The number of aryl methyl sites for hydroxylation is 1. The number of hydrogen-bond donors (Lipinski definition) is 0. The van der Waals surface area contributed by atoms with Gasteiger partial charge in [-0.3, -0.25) is 9.48 Å². The van der Waals surface area contributed by atoms with Crippen LogP contribution in [0.4, 0.5) is 8.78 Å². The summed E-state index contributed by atoms with van der Waals surface area (Å²) in [6.45, 7) is 0.919. The molecule has 24 heavy (non-hydrogen) atoms. The van der Waals surface area contributed by atoms with E-state index < -0.39 is 6.61 Å². The van der Waals surface area contributed by atoms with Gasteiger partial charge in [-0.2, -0.15) is 13.9 Å². The molecule has 0 atom stereocenters. The highest BCUT2D eigenvalue weighted by atomic mass is 19.3. The fourth-order valence-corrected chi connectivity index (χ4v) is 2.09. The Kier molecular flexibility index (Phi) is 5.68. The Labute approximate surface area is 138 Å². The third-order valence-corrected chi connectivity index (χ3v) is 3.41. The maximum Gasteiger partial charge on any atom is 0.387 e. The number of halogens is 2. The molecule has 1 heterocycles. The normalized spacial score (nSPS) is 11.2. The third-order valence-electron chi connectivity index (χ3n) is 3.41. The second-order valence-corrected chi connectivity index (χ2v) is 4.98. The summed E-state index contributed by atoms with van der Waals surface area (Å²) in [7, 11) is 1.76. The molecule has 0 N–H and O–H groups in total. The highest BCUT2D eigenvalue weighted by Gasteiger charge is 2.12. The molecule has 0 radical (unpaired) electrons. The zero-order valence-corrected chi connectivity index (χ0v) is 13.6. The number of alkyl halides is 2. The molecule has 0 aliphatic carbocycles. The lowest BCUT2D eigenvalue weighted by molar-refractivity contribution is -0.0514. The maximum atomic E-state index is 12.4. The number of rotatable bonds is 7. The van der Waals surface area contributed by atoms with Crippen LogP contribution in [0.1, 0.15) is 28.5 Å². The summed E-state index contributed by atoms with van der Waals surface area (Å²) in [4.78, 5) is 12.2. The van der Waals surface area contributed by atoms with Crippen LogP contribution >= 0.6 is 0 Å². The van der Waals surface area contributed by atoms with Crippen LogP contribution in [0.2, 0.25) is 0 Å². The molecule has 1 aromatic carbocycles. The van der Waals surface area contributed by atoms with Crippen LogP contribution in [0, 0.1) is 6.92 Å². The number of carbonyl (C=O) groups is 1. The van der Waals surface area contributed by atoms with Gasteiger partial charge < -0.3 is 9.47 Å². The molecule has 5 nitrogen and oxygen atoms in total. The summed E-state index contributed by atoms with van der Waals surface area (Å²) >= 11 is 0. The van der Waals surface area contributed by atoms with Crippen molar-refractivity contribution >= 4 is 11.9 Å². The van der Waals surface area contributed by atoms with Crippen molar-refractivity contribution in [1.82, 2.24) is 9.78 Å². The second-order valence-electron chi connectivity index (χ2n) is 4.98. The van der Waals surface area contributed by atoms with Crippen molar-refractivity contribution in [3.8, 4) is 11.5 Å². The number of carbonyl (C=O) groups excluding carboxylic acids is 1. The highest BCUT2D eigenvalue weighted by Crippen LogP contribution is 2.30. The first kappa shape index (κ1) is 17.7. The zero-order valence-electron chi connectivity index (χ0n) is 13.6. The van der Waals surface area contributed by atoms with Crippen molar-refractivity contribution in [1.29, 1.82) is 0 Å². The van der Waals surface area contributed by atoms with Crippen LogP contribution in [0.15, 0.2) is 30.5 Å². The van der Waals surface area contributed by atoms with Gasteiger partial charge in [0.15, 0.2) is 17.3 Å². The SMILES string of the molecule is CCOc1cc(C=CC(=O)c2cnn(C)c2C)ccc1OC(F)F. The Morgan fingerprint density at radius 3 is 2.71 bits per heavy atom. The maximum absolute atomic E-state index is 12.4. The molecule has 0 bridgehead atoms. The van der Waals surface area contributed by atoms with Gasteiger partial charge in [0.1, 0.15) is 0 Å². The predicted octanol–water partition coefficient (Wildman–Crippen LogP) is 3.62.